The van der Waals surface area contributed by atoms with Gasteiger partial charge in [-0.2, -0.15) is 0 Å². The van der Waals surface area contributed by atoms with Crippen LogP contribution in [0.15, 0.2) is 18.2 Å². The van der Waals surface area contributed by atoms with E-state index in [1.54, 1.807) is 4.90 Å². The first-order chi connectivity index (χ1) is 9.65. The average molecular weight is 274 g/mol. The lowest BCUT2D eigenvalue weighted by molar-refractivity contribution is -0.137. The highest BCUT2D eigenvalue weighted by Crippen LogP contribution is 2.24. The quantitative estimate of drug-likeness (QED) is 0.873. The second-order valence-electron chi connectivity index (χ2n) is 5.48. The third-order valence-corrected chi connectivity index (χ3v) is 4.13. The Morgan fingerprint density at radius 1 is 1.30 bits per heavy atom. The fourth-order valence-corrected chi connectivity index (χ4v) is 3.11. The molecule has 1 fully saturated rings. The first-order valence-corrected chi connectivity index (χ1v) is 7.00. The number of benzene rings is 1. The van der Waals surface area contributed by atoms with E-state index in [1.165, 1.54) is 11.1 Å². The van der Waals surface area contributed by atoms with Crippen LogP contribution in [0, 0.1) is 0 Å². The maximum atomic E-state index is 12.6. The fourth-order valence-electron chi connectivity index (χ4n) is 3.11. The lowest BCUT2D eigenvalue weighted by Gasteiger charge is -2.23. The molecule has 0 aliphatic carbocycles. The van der Waals surface area contributed by atoms with E-state index in [4.69, 9.17) is 5.11 Å². The van der Waals surface area contributed by atoms with Crippen LogP contribution in [0.25, 0.3) is 0 Å². The van der Waals surface area contributed by atoms with Gasteiger partial charge in [-0.15, -0.1) is 0 Å². The molecule has 1 saturated heterocycles. The minimum atomic E-state index is -0.840. The number of likely N-dealkylation sites (tertiary alicyclic amines) is 1. The zero-order valence-electron chi connectivity index (χ0n) is 11.3. The van der Waals surface area contributed by atoms with Crippen LogP contribution < -0.4 is 5.32 Å². The predicted molar refractivity (Wildman–Crippen MR) is 73.3 cm³/mol. The van der Waals surface area contributed by atoms with Crippen molar-refractivity contribution >= 4 is 11.9 Å². The monoisotopic (exact) mass is 274 g/mol. The van der Waals surface area contributed by atoms with Gasteiger partial charge in [0.05, 0.1) is 6.42 Å². The van der Waals surface area contributed by atoms with Crippen molar-refractivity contribution < 1.29 is 14.7 Å². The summed E-state index contributed by atoms with van der Waals surface area (Å²) in [6, 6.07) is 5.62. The van der Waals surface area contributed by atoms with Crippen molar-refractivity contribution in [3.63, 3.8) is 0 Å². The Balaban J connectivity index is 1.79. The van der Waals surface area contributed by atoms with Gasteiger partial charge in [-0.25, -0.2) is 0 Å². The second kappa shape index (κ2) is 5.25. The third kappa shape index (κ3) is 2.41. The number of carboxylic acid groups (broad SMARTS) is 1. The van der Waals surface area contributed by atoms with Crippen LogP contribution in [0.5, 0.6) is 0 Å². The summed E-state index contributed by atoms with van der Waals surface area (Å²) in [5.41, 5.74) is 3.08. The first kappa shape index (κ1) is 13.1. The van der Waals surface area contributed by atoms with Crippen LogP contribution in [0.4, 0.5) is 0 Å². The highest BCUT2D eigenvalue weighted by atomic mass is 16.4. The molecule has 1 aromatic rings. The first-order valence-electron chi connectivity index (χ1n) is 7.00. The van der Waals surface area contributed by atoms with Crippen molar-refractivity contribution in [1.29, 1.82) is 0 Å². The molecule has 0 aromatic heterocycles. The van der Waals surface area contributed by atoms with Gasteiger partial charge in [0, 0.05) is 31.2 Å². The lowest BCUT2D eigenvalue weighted by atomic mass is 10.0. The average Bonchev–Trinajstić information content (AvgIpc) is 3.04. The van der Waals surface area contributed by atoms with Crippen LogP contribution in [0.3, 0.4) is 0 Å². The van der Waals surface area contributed by atoms with Gasteiger partial charge in [0.2, 0.25) is 0 Å². The van der Waals surface area contributed by atoms with Crippen LogP contribution in [0.1, 0.15) is 40.7 Å². The smallest absolute Gasteiger partial charge is 0.305 e. The van der Waals surface area contributed by atoms with Crippen LogP contribution in [-0.4, -0.2) is 34.5 Å². The maximum Gasteiger partial charge on any atom is 0.305 e. The Hall–Kier alpha value is -1.88. The summed E-state index contributed by atoms with van der Waals surface area (Å²) in [7, 11) is 0. The molecule has 106 valence electrons. The van der Waals surface area contributed by atoms with E-state index in [9.17, 15) is 9.59 Å². The third-order valence-electron chi connectivity index (χ3n) is 4.13. The number of nitrogens with one attached hydrogen (secondary N) is 1. The maximum absolute atomic E-state index is 12.6. The van der Waals surface area contributed by atoms with Gasteiger partial charge in [0.15, 0.2) is 0 Å². The number of hydrogen-bond acceptors (Lipinski definition) is 3. The minimum Gasteiger partial charge on any atom is -0.481 e. The zero-order valence-corrected chi connectivity index (χ0v) is 11.3. The number of carbonyl (C=O) groups excluding carboxylic acids is 1. The van der Waals surface area contributed by atoms with E-state index in [-0.39, 0.29) is 18.4 Å². The number of carbonyl (C=O) groups is 2. The Bertz CT molecular complexity index is 556. The largest absolute Gasteiger partial charge is 0.481 e. The van der Waals surface area contributed by atoms with Crippen molar-refractivity contribution in [1.82, 2.24) is 10.2 Å². The molecule has 5 nitrogen and oxygen atoms in total. The molecule has 1 atom stereocenters. The molecule has 0 radical (unpaired) electrons. The van der Waals surface area contributed by atoms with Crippen LogP contribution >= 0.6 is 0 Å². The molecule has 0 bridgehead atoms. The number of carboxylic acids is 1. The van der Waals surface area contributed by atoms with Crippen molar-refractivity contribution in [3.05, 3.63) is 34.9 Å². The van der Waals surface area contributed by atoms with Crippen molar-refractivity contribution in [2.75, 3.05) is 6.54 Å². The van der Waals surface area contributed by atoms with E-state index in [1.807, 2.05) is 18.2 Å². The molecule has 2 N–H and O–H groups in total. The highest BCUT2D eigenvalue weighted by Gasteiger charge is 2.31. The normalized spacial score (nSPS) is 21.0. The van der Waals surface area contributed by atoms with Gasteiger partial charge >= 0.3 is 5.97 Å². The van der Waals surface area contributed by atoms with E-state index in [0.29, 0.717) is 12.1 Å². The zero-order chi connectivity index (χ0) is 14.1. The number of aliphatic carboxylic acids is 1. The molecule has 0 saturated carbocycles. The van der Waals surface area contributed by atoms with E-state index in [0.717, 1.165) is 25.9 Å². The van der Waals surface area contributed by atoms with Crippen LogP contribution in [0.2, 0.25) is 0 Å². The Morgan fingerprint density at radius 2 is 2.10 bits per heavy atom. The van der Waals surface area contributed by atoms with Gasteiger partial charge in [-0.1, -0.05) is 6.07 Å². The molecule has 20 heavy (non-hydrogen) atoms. The Labute approximate surface area is 117 Å². The highest BCUT2D eigenvalue weighted by molar-refractivity contribution is 5.95. The summed E-state index contributed by atoms with van der Waals surface area (Å²) in [5, 5.41) is 12.2. The summed E-state index contributed by atoms with van der Waals surface area (Å²) in [5.74, 6) is -0.878. The molecule has 1 unspecified atom stereocenters. The fraction of sp³-hybridized carbons (Fsp3) is 0.467. The molecule has 3 rings (SSSR count). The molecule has 5 heteroatoms. The van der Waals surface area contributed by atoms with E-state index in [2.05, 4.69) is 5.32 Å². The second-order valence-corrected chi connectivity index (χ2v) is 5.48. The van der Waals surface area contributed by atoms with Gasteiger partial charge in [0.1, 0.15) is 0 Å². The number of nitrogens with zero attached hydrogens (tertiary/aromatic N) is 1. The van der Waals surface area contributed by atoms with Crippen molar-refractivity contribution in [2.45, 2.75) is 38.4 Å². The number of hydrogen-bond donors (Lipinski definition) is 2. The number of amides is 1. The Kier molecular flexibility index (Phi) is 3.44. The summed E-state index contributed by atoms with van der Waals surface area (Å²) in [6.45, 7) is 2.32. The summed E-state index contributed by atoms with van der Waals surface area (Å²) < 4.78 is 0. The molecule has 1 aromatic carbocycles. The lowest BCUT2D eigenvalue weighted by Crippen LogP contribution is -2.36. The van der Waals surface area contributed by atoms with E-state index >= 15 is 0 Å². The van der Waals surface area contributed by atoms with Crippen molar-refractivity contribution in [2.24, 2.45) is 0 Å². The predicted octanol–water partition coefficient (Wildman–Crippen LogP) is 1.37. The molecular formula is C15H18N2O3. The minimum absolute atomic E-state index is 0.0385. The molecule has 2 aliphatic rings. The van der Waals surface area contributed by atoms with Gasteiger partial charge in [0.25, 0.3) is 5.91 Å². The standard InChI is InChI=1S/C15H18N2O3/c18-14(19)7-13-2-1-5-17(13)15(20)10-3-4-11-8-16-9-12(11)6-10/h3-4,6,13,16H,1-2,5,7-9H2,(H,18,19). The van der Waals surface area contributed by atoms with Gasteiger partial charge in [-0.3, -0.25) is 9.59 Å². The summed E-state index contributed by atoms with van der Waals surface area (Å²) in [4.78, 5) is 25.1. The van der Waals surface area contributed by atoms with Crippen molar-refractivity contribution in [3.8, 4) is 0 Å². The molecule has 0 spiro atoms. The van der Waals surface area contributed by atoms with Gasteiger partial charge in [-0.05, 0) is 36.1 Å². The molecular weight excluding hydrogens is 256 g/mol. The van der Waals surface area contributed by atoms with Crippen LogP contribution in [-0.2, 0) is 17.9 Å². The number of rotatable bonds is 3. The summed E-state index contributed by atoms with van der Waals surface area (Å²) >= 11 is 0. The molecule has 2 heterocycles. The SMILES string of the molecule is O=C(O)CC1CCCN1C(=O)c1ccc2c(c1)CNC2. The number of fused-ring (bicyclic) bond motifs is 1. The Morgan fingerprint density at radius 3 is 2.90 bits per heavy atom. The summed E-state index contributed by atoms with van der Waals surface area (Å²) in [6.07, 6.45) is 1.71. The molecule has 1 amide bonds. The van der Waals surface area contributed by atoms with Gasteiger partial charge < -0.3 is 15.3 Å². The molecule has 2 aliphatic heterocycles. The topological polar surface area (TPSA) is 69.6 Å². The van der Waals surface area contributed by atoms with E-state index < -0.39 is 5.97 Å².